The molecule has 0 aliphatic carbocycles. The summed E-state index contributed by atoms with van der Waals surface area (Å²) in [7, 11) is 5.58. The second-order valence-corrected chi connectivity index (χ2v) is 5.40. The lowest BCUT2D eigenvalue weighted by atomic mass is 10.2. The Kier molecular flexibility index (Phi) is 6.23. The molecule has 0 saturated carbocycles. The number of aliphatic hydroxyl groups excluding tert-OH is 1. The molecule has 0 aliphatic heterocycles. The van der Waals surface area contributed by atoms with Crippen molar-refractivity contribution in [1.29, 1.82) is 0 Å². The van der Waals surface area contributed by atoms with E-state index < -0.39 is 30.2 Å². The number of nitrogens with zero attached hydrogens (tertiary/aromatic N) is 1. The van der Waals surface area contributed by atoms with Crippen LogP contribution in [-0.2, 0) is 14.3 Å². The van der Waals surface area contributed by atoms with Crippen molar-refractivity contribution < 1.29 is 29.0 Å². The van der Waals surface area contributed by atoms with E-state index in [0.29, 0.717) is 11.0 Å². The first-order valence-corrected chi connectivity index (χ1v) is 5.69. The van der Waals surface area contributed by atoms with E-state index in [0.717, 1.165) is 0 Å². The van der Waals surface area contributed by atoms with Gasteiger partial charge in [-0.1, -0.05) is 0 Å². The van der Waals surface area contributed by atoms with Gasteiger partial charge in [0.2, 0.25) is 0 Å². The van der Waals surface area contributed by atoms with Gasteiger partial charge >= 0.3 is 11.9 Å². The average molecular weight is 263 g/mol. The minimum absolute atomic E-state index is 0.284. The number of carboxylic acid groups (broad SMARTS) is 1. The second kappa shape index (κ2) is 6.67. The largest absolute Gasteiger partial charge is 0.481 e. The zero-order valence-electron chi connectivity index (χ0n) is 11.3. The Balaban J connectivity index is 4.59. The number of hydrogen-bond donors (Lipinski definition) is 3. The number of ether oxygens (including phenoxy) is 1. The molecule has 106 valence electrons. The van der Waals surface area contributed by atoms with Gasteiger partial charge in [-0.05, 0) is 6.92 Å². The molecule has 0 fully saturated rings. The third-order valence-electron chi connectivity index (χ3n) is 2.23. The van der Waals surface area contributed by atoms with Crippen molar-refractivity contribution in [2.24, 2.45) is 5.73 Å². The van der Waals surface area contributed by atoms with E-state index in [1.807, 2.05) is 21.1 Å². The summed E-state index contributed by atoms with van der Waals surface area (Å²) in [6.07, 6.45) is -2.08. The molecule has 0 rings (SSSR count). The maximum absolute atomic E-state index is 11.6. The first-order valence-electron chi connectivity index (χ1n) is 5.69. The molecule has 7 nitrogen and oxygen atoms in total. The Morgan fingerprint density at radius 2 is 1.83 bits per heavy atom. The topological polar surface area (TPSA) is 110 Å². The first kappa shape index (κ1) is 16.8. The smallest absolute Gasteiger partial charge is 0.326 e. The summed E-state index contributed by atoms with van der Waals surface area (Å²) < 4.78 is 5.49. The van der Waals surface area contributed by atoms with E-state index >= 15 is 0 Å². The summed E-state index contributed by atoms with van der Waals surface area (Å²) in [6.45, 7) is 1.72. The van der Waals surface area contributed by atoms with Gasteiger partial charge < -0.3 is 25.2 Å². The number of carbonyl (C=O) groups is 2. The normalized spacial score (nSPS) is 16.8. The molecule has 0 aromatic carbocycles. The molecular formula is C11H23N2O5+. The quantitative estimate of drug-likeness (QED) is 0.392. The zero-order valence-corrected chi connectivity index (χ0v) is 11.3. The monoisotopic (exact) mass is 263 g/mol. The highest BCUT2D eigenvalue weighted by atomic mass is 16.5. The van der Waals surface area contributed by atoms with E-state index in [9.17, 15) is 14.7 Å². The summed E-state index contributed by atoms with van der Waals surface area (Å²) in [6, 6.07) is -1.16. The van der Waals surface area contributed by atoms with Crippen molar-refractivity contribution >= 4 is 11.9 Å². The fraction of sp³-hybridized carbons (Fsp3) is 0.818. The van der Waals surface area contributed by atoms with Crippen LogP contribution in [0.2, 0.25) is 0 Å². The van der Waals surface area contributed by atoms with Crippen LogP contribution in [0.5, 0.6) is 0 Å². The van der Waals surface area contributed by atoms with Crippen LogP contribution < -0.4 is 5.73 Å². The van der Waals surface area contributed by atoms with Crippen molar-refractivity contribution in [2.45, 2.75) is 31.6 Å². The molecule has 0 heterocycles. The third-order valence-corrected chi connectivity index (χ3v) is 2.23. The molecule has 0 amide bonds. The minimum atomic E-state index is -1.16. The van der Waals surface area contributed by atoms with Crippen LogP contribution in [0.15, 0.2) is 0 Å². The molecule has 0 aromatic heterocycles. The van der Waals surface area contributed by atoms with E-state index in [1.165, 1.54) is 6.92 Å². The SMILES string of the molecule is C[C@@H](O)[C@H](N)C(=O)O[C@@H](CC(=O)O)C[N+](C)(C)C. The van der Waals surface area contributed by atoms with Crippen LogP contribution in [0.25, 0.3) is 0 Å². The maximum atomic E-state index is 11.6. The lowest BCUT2D eigenvalue weighted by Gasteiger charge is -2.29. The molecule has 0 bridgehead atoms. The second-order valence-electron chi connectivity index (χ2n) is 5.40. The highest BCUT2D eigenvalue weighted by molar-refractivity contribution is 5.77. The summed E-state index contributed by atoms with van der Waals surface area (Å²) in [4.78, 5) is 22.3. The number of aliphatic hydroxyl groups is 1. The minimum Gasteiger partial charge on any atom is -0.481 e. The predicted octanol–water partition coefficient (Wildman–Crippen LogP) is -1.21. The highest BCUT2D eigenvalue weighted by Crippen LogP contribution is 2.07. The Labute approximate surface area is 107 Å². The summed E-state index contributed by atoms with van der Waals surface area (Å²) in [5.74, 6) is -1.84. The van der Waals surface area contributed by atoms with E-state index in [-0.39, 0.29) is 6.42 Å². The van der Waals surface area contributed by atoms with Gasteiger partial charge in [0.25, 0.3) is 0 Å². The third kappa shape index (κ3) is 7.21. The van der Waals surface area contributed by atoms with E-state index in [1.54, 1.807) is 0 Å². The molecule has 3 atom stereocenters. The van der Waals surface area contributed by atoms with Crippen LogP contribution in [0, 0.1) is 0 Å². The van der Waals surface area contributed by atoms with Gasteiger partial charge in [0.15, 0.2) is 6.10 Å². The lowest BCUT2D eigenvalue weighted by molar-refractivity contribution is -0.873. The molecule has 0 unspecified atom stereocenters. The van der Waals surface area contributed by atoms with Crippen molar-refractivity contribution in [3.05, 3.63) is 0 Å². The lowest BCUT2D eigenvalue weighted by Crippen LogP contribution is -2.47. The van der Waals surface area contributed by atoms with Gasteiger partial charge in [0.05, 0.1) is 33.7 Å². The Hall–Kier alpha value is -1.18. The van der Waals surface area contributed by atoms with Crippen LogP contribution in [0.1, 0.15) is 13.3 Å². The number of aliphatic carboxylic acids is 1. The van der Waals surface area contributed by atoms with Gasteiger partial charge in [-0.2, -0.15) is 0 Å². The summed E-state index contributed by atoms with van der Waals surface area (Å²) >= 11 is 0. The number of esters is 1. The predicted molar refractivity (Wildman–Crippen MR) is 64.7 cm³/mol. The number of nitrogens with two attached hydrogens (primary N) is 1. The Bertz CT molecular complexity index is 298. The number of carboxylic acids is 1. The fourth-order valence-electron chi connectivity index (χ4n) is 1.39. The van der Waals surface area contributed by atoms with Gasteiger partial charge in [0.1, 0.15) is 12.6 Å². The maximum Gasteiger partial charge on any atom is 0.326 e. The van der Waals surface area contributed by atoms with Crippen molar-refractivity contribution in [3.8, 4) is 0 Å². The first-order chi connectivity index (χ1) is 8.03. The van der Waals surface area contributed by atoms with Crippen molar-refractivity contribution in [1.82, 2.24) is 0 Å². The van der Waals surface area contributed by atoms with Crippen LogP contribution in [0.3, 0.4) is 0 Å². The number of carbonyl (C=O) groups excluding carboxylic acids is 1. The molecular weight excluding hydrogens is 240 g/mol. The Morgan fingerprint density at radius 3 is 2.17 bits per heavy atom. The number of likely N-dealkylation sites (N-methyl/N-ethyl adjacent to an activating group) is 1. The molecule has 4 N–H and O–H groups in total. The standard InChI is InChI=1S/C11H22N2O5/c1-7(14)10(12)11(17)18-8(5-9(15)16)6-13(2,3)4/h7-8,10,14H,5-6,12H2,1-4H3/p+1/t7-,8+,10+/m1/s1. The van der Waals surface area contributed by atoms with Gasteiger partial charge in [-0.3, -0.25) is 9.59 Å². The molecule has 0 saturated heterocycles. The van der Waals surface area contributed by atoms with Crippen molar-refractivity contribution in [3.63, 3.8) is 0 Å². The molecule has 18 heavy (non-hydrogen) atoms. The summed E-state index contributed by atoms with van der Waals surface area (Å²) in [5.41, 5.74) is 5.43. The molecule has 0 radical (unpaired) electrons. The molecule has 0 spiro atoms. The zero-order chi connectivity index (χ0) is 14.5. The molecule has 0 aromatic rings. The number of hydrogen-bond acceptors (Lipinski definition) is 5. The van der Waals surface area contributed by atoms with Crippen LogP contribution in [0.4, 0.5) is 0 Å². The van der Waals surface area contributed by atoms with Crippen LogP contribution >= 0.6 is 0 Å². The van der Waals surface area contributed by atoms with Crippen LogP contribution in [-0.4, -0.2) is 72.6 Å². The number of rotatable bonds is 7. The number of quaternary nitrogens is 1. The summed E-state index contributed by atoms with van der Waals surface area (Å²) in [5, 5.41) is 17.9. The van der Waals surface area contributed by atoms with Gasteiger partial charge in [0, 0.05) is 0 Å². The van der Waals surface area contributed by atoms with Gasteiger partial charge in [-0.25, -0.2) is 0 Å². The average Bonchev–Trinajstić information content (AvgIpc) is 2.11. The van der Waals surface area contributed by atoms with E-state index in [4.69, 9.17) is 15.6 Å². The fourth-order valence-corrected chi connectivity index (χ4v) is 1.39. The highest BCUT2D eigenvalue weighted by Gasteiger charge is 2.28. The van der Waals surface area contributed by atoms with E-state index in [2.05, 4.69) is 0 Å². The Morgan fingerprint density at radius 1 is 1.33 bits per heavy atom. The van der Waals surface area contributed by atoms with Gasteiger partial charge in [-0.15, -0.1) is 0 Å². The van der Waals surface area contributed by atoms with Crippen molar-refractivity contribution in [2.75, 3.05) is 27.7 Å². The molecule has 7 heteroatoms. The molecule has 0 aliphatic rings.